The average molecular weight is 554 g/mol. The molecule has 9 nitrogen and oxygen atoms in total. The number of benzene rings is 2. The lowest BCUT2D eigenvalue weighted by Gasteiger charge is -2.12. The van der Waals surface area contributed by atoms with Gasteiger partial charge in [-0.2, -0.15) is 4.98 Å². The SMILES string of the molecule is CCOC(=O)C(=N)/C(Br)=C(\Nc1ccccc1Cl)c1nc(-c2cccc(S(C)(=O)=O)c2)no1. The molecule has 33 heavy (non-hydrogen) atoms. The van der Waals surface area contributed by atoms with Crippen molar-refractivity contribution in [3.63, 3.8) is 0 Å². The number of rotatable bonds is 8. The van der Waals surface area contributed by atoms with E-state index in [4.69, 9.17) is 26.3 Å². The van der Waals surface area contributed by atoms with Crippen molar-refractivity contribution in [2.45, 2.75) is 11.8 Å². The molecule has 0 radical (unpaired) electrons. The first-order chi connectivity index (χ1) is 15.6. The van der Waals surface area contributed by atoms with Crippen molar-refractivity contribution in [3.8, 4) is 11.4 Å². The Bertz CT molecular complexity index is 1350. The lowest BCUT2D eigenvalue weighted by atomic mass is 10.2. The highest BCUT2D eigenvalue weighted by atomic mass is 79.9. The number of sulfone groups is 1. The Kier molecular flexibility index (Phi) is 7.67. The molecule has 0 aliphatic carbocycles. The molecule has 0 fully saturated rings. The van der Waals surface area contributed by atoms with E-state index in [1.54, 1.807) is 43.3 Å². The summed E-state index contributed by atoms with van der Waals surface area (Å²) < 4.78 is 34.0. The van der Waals surface area contributed by atoms with Gasteiger partial charge in [0.15, 0.2) is 15.5 Å². The summed E-state index contributed by atoms with van der Waals surface area (Å²) in [6, 6.07) is 12.9. The zero-order chi connectivity index (χ0) is 24.2. The Balaban J connectivity index is 2.08. The largest absolute Gasteiger partial charge is 0.461 e. The van der Waals surface area contributed by atoms with Gasteiger partial charge in [-0.25, -0.2) is 13.2 Å². The van der Waals surface area contributed by atoms with Gasteiger partial charge in [-0.15, -0.1) is 0 Å². The minimum atomic E-state index is -3.44. The highest BCUT2D eigenvalue weighted by molar-refractivity contribution is 9.12. The van der Waals surface area contributed by atoms with E-state index in [0.29, 0.717) is 16.3 Å². The normalized spacial score (nSPS) is 12.1. The zero-order valence-corrected chi connectivity index (χ0v) is 20.6. The molecular formula is C21H18BrClN4O5S. The number of esters is 1. The summed E-state index contributed by atoms with van der Waals surface area (Å²) in [7, 11) is -3.44. The fourth-order valence-electron chi connectivity index (χ4n) is 2.63. The fraction of sp³-hybridized carbons (Fsp3) is 0.143. The molecule has 2 aromatic carbocycles. The molecule has 2 N–H and O–H groups in total. The van der Waals surface area contributed by atoms with Gasteiger partial charge in [0.05, 0.1) is 26.7 Å². The maximum absolute atomic E-state index is 12.1. The number of nitrogens with one attached hydrogen (secondary N) is 2. The molecule has 12 heteroatoms. The summed E-state index contributed by atoms with van der Waals surface area (Å²) in [5, 5.41) is 15.5. The van der Waals surface area contributed by atoms with E-state index in [1.807, 2.05) is 0 Å². The molecular weight excluding hydrogens is 536 g/mol. The van der Waals surface area contributed by atoms with Crippen molar-refractivity contribution in [1.29, 1.82) is 5.41 Å². The van der Waals surface area contributed by atoms with E-state index in [1.165, 1.54) is 12.1 Å². The van der Waals surface area contributed by atoms with E-state index in [0.717, 1.165) is 6.26 Å². The van der Waals surface area contributed by atoms with E-state index in [-0.39, 0.29) is 33.4 Å². The number of carbonyl (C=O) groups is 1. The quantitative estimate of drug-likeness (QED) is 0.306. The van der Waals surface area contributed by atoms with Crippen molar-refractivity contribution in [1.82, 2.24) is 10.1 Å². The zero-order valence-electron chi connectivity index (χ0n) is 17.4. The van der Waals surface area contributed by atoms with Gasteiger partial charge in [-0.3, -0.25) is 5.41 Å². The van der Waals surface area contributed by atoms with Crippen LogP contribution in [0.4, 0.5) is 5.69 Å². The van der Waals surface area contributed by atoms with Gasteiger partial charge >= 0.3 is 5.97 Å². The van der Waals surface area contributed by atoms with Gasteiger partial charge in [-0.1, -0.05) is 41.0 Å². The Morgan fingerprint density at radius 3 is 2.64 bits per heavy atom. The van der Waals surface area contributed by atoms with Gasteiger partial charge in [0.25, 0.3) is 5.89 Å². The first-order valence-electron chi connectivity index (χ1n) is 9.43. The molecule has 0 saturated carbocycles. The first kappa shape index (κ1) is 24.6. The Hall–Kier alpha value is -3.02. The highest BCUT2D eigenvalue weighted by Crippen LogP contribution is 2.30. The summed E-state index contributed by atoms with van der Waals surface area (Å²) in [4.78, 5) is 16.5. The van der Waals surface area contributed by atoms with E-state index < -0.39 is 21.5 Å². The van der Waals surface area contributed by atoms with Crippen LogP contribution in [0.2, 0.25) is 5.02 Å². The predicted molar refractivity (Wildman–Crippen MR) is 128 cm³/mol. The number of hydrogen-bond donors (Lipinski definition) is 2. The molecule has 0 unspecified atom stereocenters. The average Bonchev–Trinajstić information content (AvgIpc) is 3.27. The van der Waals surface area contributed by atoms with Gasteiger partial charge in [-0.05, 0) is 47.1 Å². The van der Waals surface area contributed by atoms with Crippen LogP contribution >= 0.6 is 27.5 Å². The second-order valence-electron chi connectivity index (χ2n) is 6.61. The van der Waals surface area contributed by atoms with Crippen molar-refractivity contribution < 1.29 is 22.5 Å². The van der Waals surface area contributed by atoms with Crippen LogP contribution in [0.5, 0.6) is 0 Å². The number of halogens is 2. The molecule has 3 aromatic rings. The topological polar surface area (TPSA) is 135 Å². The molecule has 1 heterocycles. The number of aromatic nitrogens is 2. The molecule has 0 aliphatic rings. The summed E-state index contributed by atoms with van der Waals surface area (Å²) in [5.41, 5.74) is 0.479. The summed E-state index contributed by atoms with van der Waals surface area (Å²) in [6.07, 6.45) is 1.10. The monoisotopic (exact) mass is 552 g/mol. The summed E-state index contributed by atoms with van der Waals surface area (Å²) in [5.74, 6) is -0.823. The van der Waals surface area contributed by atoms with E-state index in [9.17, 15) is 13.2 Å². The highest BCUT2D eigenvalue weighted by Gasteiger charge is 2.24. The number of hydrogen-bond acceptors (Lipinski definition) is 9. The molecule has 3 rings (SSSR count). The number of anilines is 1. The van der Waals surface area contributed by atoms with Crippen molar-refractivity contribution >= 4 is 60.4 Å². The third-order valence-electron chi connectivity index (χ3n) is 4.21. The van der Waals surface area contributed by atoms with Gasteiger partial charge in [0, 0.05) is 11.8 Å². The molecule has 1 aromatic heterocycles. The van der Waals surface area contributed by atoms with E-state index in [2.05, 4.69) is 31.4 Å². The number of ether oxygens (including phenoxy) is 1. The molecule has 0 aliphatic heterocycles. The Labute approximate surface area is 203 Å². The summed E-state index contributed by atoms with van der Waals surface area (Å²) in [6.45, 7) is 1.72. The molecule has 0 atom stereocenters. The van der Waals surface area contributed by atoms with Crippen LogP contribution in [-0.2, 0) is 19.4 Å². The summed E-state index contributed by atoms with van der Waals surface area (Å²) >= 11 is 9.49. The van der Waals surface area contributed by atoms with Crippen molar-refractivity contribution in [3.05, 3.63) is 63.9 Å². The van der Waals surface area contributed by atoms with Crippen LogP contribution < -0.4 is 5.32 Å². The minimum Gasteiger partial charge on any atom is -0.461 e. The lowest BCUT2D eigenvalue weighted by Crippen LogP contribution is -2.19. The Morgan fingerprint density at radius 1 is 1.24 bits per heavy atom. The third kappa shape index (κ3) is 5.86. The molecule has 0 saturated heterocycles. The van der Waals surface area contributed by atoms with Crippen LogP contribution in [0.3, 0.4) is 0 Å². The molecule has 172 valence electrons. The van der Waals surface area contributed by atoms with Crippen LogP contribution in [0.1, 0.15) is 12.8 Å². The van der Waals surface area contributed by atoms with Gasteiger partial charge < -0.3 is 14.6 Å². The van der Waals surface area contributed by atoms with Crippen molar-refractivity contribution in [2.24, 2.45) is 0 Å². The predicted octanol–water partition coefficient (Wildman–Crippen LogP) is 4.55. The second kappa shape index (κ2) is 10.3. The van der Waals surface area contributed by atoms with Crippen LogP contribution in [0, 0.1) is 5.41 Å². The standard InChI is InChI=1S/C21H18BrClN4O5S/c1-3-31-21(28)17(24)16(22)18(25-15-10-5-4-9-14(15)23)20-26-19(27-32-20)12-7-6-8-13(11-12)33(2,29)30/h4-11,24-25H,3H2,1-2H3/b18-16+,24-17?. The maximum atomic E-state index is 12.1. The number of carbonyl (C=O) groups excluding carboxylic acids is 1. The smallest absolute Gasteiger partial charge is 0.357 e. The van der Waals surface area contributed by atoms with Crippen LogP contribution in [0.25, 0.3) is 17.1 Å². The lowest BCUT2D eigenvalue weighted by molar-refractivity contribution is -0.135. The van der Waals surface area contributed by atoms with Gasteiger partial charge in [0.2, 0.25) is 5.82 Å². The van der Waals surface area contributed by atoms with Gasteiger partial charge in [0.1, 0.15) is 5.70 Å². The molecule has 0 bridgehead atoms. The van der Waals surface area contributed by atoms with Crippen molar-refractivity contribution in [2.75, 3.05) is 18.2 Å². The van der Waals surface area contributed by atoms with Crippen LogP contribution in [0.15, 0.2) is 62.4 Å². The Morgan fingerprint density at radius 2 is 1.97 bits per heavy atom. The van der Waals surface area contributed by atoms with Crippen LogP contribution in [-0.4, -0.2) is 43.1 Å². The third-order valence-corrected chi connectivity index (χ3v) is 6.45. The molecule has 0 amide bonds. The fourth-order valence-corrected chi connectivity index (χ4v) is 3.91. The maximum Gasteiger partial charge on any atom is 0.357 e. The van der Waals surface area contributed by atoms with E-state index >= 15 is 0 Å². The number of nitrogens with zero attached hydrogens (tertiary/aromatic N) is 2. The molecule has 0 spiro atoms. The first-order valence-corrected chi connectivity index (χ1v) is 12.5. The minimum absolute atomic E-state index is 0.000886. The number of para-hydroxylation sites is 1. The second-order valence-corrected chi connectivity index (χ2v) is 9.83.